The molecular weight excluding hydrogens is 438 g/mol. The number of nitrogens with zero attached hydrogens (tertiary/aromatic N) is 1. The first kappa shape index (κ1) is 20.6. The molecule has 0 atom stereocenters. The van der Waals surface area contributed by atoms with Gasteiger partial charge in [-0.3, -0.25) is 9.89 Å². The van der Waals surface area contributed by atoms with E-state index in [2.05, 4.69) is 31.4 Å². The first-order valence-corrected chi connectivity index (χ1v) is 9.72. The molecule has 0 aliphatic carbocycles. The van der Waals surface area contributed by atoms with Crippen LogP contribution in [-0.4, -0.2) is 42.3 Å². The number of amides is 1. The molecule has 0 fully saturated rings. The van der Waals surface area contributed by atoms with Gasteiger partial charge in [0, 0.05) is 16.6 Å². The van der Waals surface area contributed by atoms with Crippen LogP contribution in [0.1, 0.15) is 16.1 Å². The Labute approximate surface area is 176 Å². The molecule has 0 bridgehead atoms. The Morgan fingerprint density at radius 1 is 1.10 bits per heavy atom. The Morgan fingerprint density at radius 2 is 1.83 bits per heavy atom. The summed E-state index contributed by atoms with van der Waals surface area (Å²) in [6, 6.07) is 16.7. The van der Waals surface area contributed by atoms with E-state index in [1.807, 2.05) is 48.5 Å². The molecule has 8 heteroatoms. The summed E-state index contributed by atoms with van der Waals surface area (Å²) >= 11 is 3.37. The van der Waals surface area contributed by atoms with Gasteiger partial charge in [-0.05, 0) is 42.3 Å². The molecule has 0 saturated carbocycles. The van der Waals surface area contributed by atoms with Gasteiger partial charge in [-0.2, -0.15) is 5.10 Å². The average Bonchev–Trinajstić information content (AvgIpc) is 3.23. The number of aromatic amines is 1. The number of hydrogen-bond donors (Lipinski definition) is 2. The van der Waals surface area contributed by atoms with Crippen molar-refractivity contribution in [1.82, 2.24) is 15.5 Å². The molecule has 1 amide bonds. The molecule has 0 aliphatic heterocycles. The van der Waals surface area contributed by atoms with Gasteiger partial charge < -0.3 is 14.8 Å². The van der Waals surface area contributed by atoms with Crippen molar-refractivity contribution in [1.29, 1.82) is 0 Å². The van der Waals surface area contributed by atoms with Crippen LogP contribution in [0.2, 0.25) is 0 Å². The van der Waals surface area contributed by atoms with Crippen molar-refractivity contribution in [3.63, 3.8) is 0 Å². The molecule has 0 saturated heterocycles. The summed E-state index contributed by atoms with van der Waals surface area (Å²) < 4.78 is 11.1. The van der Waals surface area contributed by atoms with Gasteiger partial charge in [0.2, 0.25) is 0 Å². The second kappa shape index (κ2) is 9.88. The smallest absolute Gasteiger partial charge is 0.356 e. The SMILES string of the molecule is COc1ccc(CCNC(=O)COC(=O)c2cc(-c3ccc(Br)cc3)n[nH]2)cc1. The third-order valence-corrected chi connectivity index (χ3v) is 4.70. The topological polar surface area (TPSA) is 93.3 Å². The summed E-state index contributed by atoms with van der Waals surface area (Å²) in [4.78, 5) is 24.0. The summed E-state index contributed by atoms with van der Waals surface area (Å²) in [7, 11) is 1.61. The highest BCUT2D eigenvalue weighted by Crippen LogP contribution is 2.20. The lowest BCUT2D eigenvalue weighted by Crippen LogP contribution is -2.30. The molecule has 3 aromatic rings. The monoisotopic (exact) mass is 457 g/mol. The van der Waals surface area contributed by atoms with E-state index in [0.29, 0.717) is 18.7 Å². The lowest BCUT2D eigenvalue weighted by atomic mass is 10.1. The van der Waals surface area contributed by atoms with Gasteiger partial charge in [-0.15, -0.1) is 0 Å². The molecule has 3 rings (SSSR count). The minimum atomic E-state index is -0.633. The molecule has 1 heterocycles. The van der Waals surface area contributed by atoms with Crippen molar-refractivity contribution < 1.29 is 19.1 Å². The second-order valence-corrected chi connectivity index (χ2v) is 7.11. The molecule has 2 N–H and O–H groups in total. The number of H-pyrrole nitrogens is 1. The fraction of sp³-hybridized carbons (Fsp3) is 0.190. The Morgan fingerprint density at radius 3 is 2.52 bits per heavy atom. The minimum absolute atomic E-state index is 0.189. The summed E-state index contributed by atoms with van der Waals surface area (Å²) in [6.45, 7) is 0.0918. The molecule has 0 radical (unpaired) electrons. The van der Waals surface area contributed by atoms with E-state index in [0.717, 1.165) is 21.3 Å². The van der Waals surface area contributed by atoms with Crippen molar-refractivity contribution in [2.75, 3.05) is 20.3 Å². The third-order valence-electron chi connectivity index (χ3n) is 4.17. The third kappa shape index (κ3) is 5.92. The molecule has 150 valence electrons. The number of carbonyl (C=O) groups excluding carboxylic acids is 2. The van der Waals surface area contributed by atoms with E-state index >= 15 is 0 Å². The van der Waals surface area contributed by atoms with Gasteiger partial charge >= 0.3 is 5.97 Å². The van der Waals surface area contributed by atoms with Crippen molar-refractivity contribution >= 4 is 27.8 Å². The quantitative estimate of drug-likeness (QED) is 0.505. The van der Waals surface area contributed by atoms with Gasteiger partial charge in [0.05, 0.1) is 12.8 Å². The maximum atomic E-state index is 12.1. The maximum absolute atomic E-state index is 12.1. The number of halogens is 1. The lowest BCUT2D eigenvalue weighted by molar-refractivity contribution is -0.124. The Kier molecular flexibility index (Phi) is 7.02. The molecule has 0 aliphatic rings. The van der Waals surface area contributed by atoms with E-state index in [9.17, 15) is 9.59 Å². The highest BCUT2D eigenvalue weighted by molar-refractivity contribution is 9.10. The number of esters is 1. The highest BCUT2D eigenvalue weighted by atomic mass is 79.9. The molecule has 0 spiro atoms. The first-order chi connectivity index (χ1) is 14.0. The van der Waals surface area contributed by atoms with Crippen LogP contribution in [0.4, 0.5) is 0 Å². The molecule has 0 unspecified atom stereocenters. The van der Waals surface area contributed by atoms with E-state index in [1.165, 1.54) is 0 Å². The second-order valence-electron chi connectivity index (χ2n) is 6.20. The largest absolute Gasteiger partial charge is 0.497 e. The average molecular weight is 458 g/mol. The number of methoxy groups -OCH3 is 1. The van der Waals surface area contributed by atoms with E-state index in [4.69, 9.17) is 9.47 Å². The summed E-state index contributed by atoms with van der Waals surface area (Å²) in [5.41, 5.74) is 2.74. The van der Waals surface area contributed by atoms with Crippen LogP contribution in [-0.2, 0) is 16.0 Å². The number of rotatable bonds is 8. The van der Waals surface area contributed by atoms with Gasteiger partial charge in [0.25, 0.3) is 5.91 Å². The summed E-state index contributed by atoms with van der Waals surface area (Å²) in [5, 5.41) is 9.47. The Balaban J connectivity index is 1.42. The van der Waals surface area contributed by atoms with Crippen LogP contribution in [0.3, 0.4) is 0 Å². The predicted octanol–water partition coefficient (Wildman–Crippen LogP) is 3.36. The predicted molar refractivity (Wildman–Crippen MR) is 112 cm³/mol. The zero-order chi connectivity index (χ0) is 20.6. The number of carbonyl (C=O) groups is 2. The zero-order valence-electron chi connectivity index (χ0n) is 15.8. The number of aromatic nitrogens is 2. The van der Waals surface area contributed by atoms with E-state index in [1.54, 1.807) is 13.2 Å². The summed E-state index contributed by atoms with van der Waals surface area (Å²) in [6.07, 6.45) is 0.667. The van der Waals surface area contributed by atoms with Crippen LogP contribution in [0, 0.1) is 0 Å². The minimum Gasteiger partial charge on any atom is -0.497 e. The van der Waals surface area contributed by atoms with Gasteiger partial charge in [0.15, 0.2) is 6.61 Å². The number of ether oxygens (including phenoxy) is 2. The first-order valence-electron chi connectivity index (χ1n) is 8.93. The number of nitrogens with one attached hydrogen (secondary N) is 2. The van der Waals surface area contributed by atoms with Crippen molar-refractivity contribution in [3.05, 3.63) is 70.3 Å². The van der Waals surface area contributed by atoms with E-state index < -0.39 is 5.97 Å². The zero-order valence-corrected chi connectivity index (χ0v) is 17.4. The van der Waals surface area contributed by atoms with Gasteiger partial charge in [0.1, 0.15) is 11.4 Å². The molecule has 1 aromatic heterocycles. The molecule has 2 aromatic carbocycles. The number of benzene rings is 2. The normalized spacial score (nSPS) is 10.4. The van der Waals surface area contributed by atoms with E-state index in [-0.39, 0.29) is 18.2 Å². The fourth-order valence-electron chi connectivity index (χ4n) is 2.59. The molecular formula is C21H20BrN3O4. The van der Waals surface area contributed by atoms with Crippen molar-refractivity contribution in [2.45, 2.75) is 6.42 Å². The maximum Gasteiger partial charge on any atom is 0.356 e. The summed E-state index contributed by atoms with van der Waals surface area (Å²) in [5.74, 6) is -0.211. The van der Waals surface area contributed by atoms with Crippen LogP contribution in [0.5, 0.6) is 5.75 Å². The molecule has 7 nitrogen and oxygen atoms in total. The lowest BCUT2D eigenvalue weighted by Gasteiger charge is -2.06. The number of hydrogen-bond acceptors (Lipinski definition) is 5. The fourth-order valence-corrected chi connectivity index (χ4v) is 2.86. The van der Waals surface area contributed by atoms with Crippen LogP contribution >= 0.6 is 15.9 Å². The van der Waals surface area contributed by atoms with Gasteiger partial charge in [-0.25, -0.2) is 4.79 Å². The van der Waals surface area contributed by atoms with Crippen LogP contribution in [0.25, 0.3) is 11.3 Å². The van der Waals surface area contributed by atoms with Crippen molar-refractivity contribution in [2.24, 2.45) is 0 Å². The van der Waals surface area contributed by atoms with Crippen molar-refractivity contribution in [3.8, 4) is 17.0 Å². The van der Waals surface area contributed by atoms with Crippen LogP contribution < -0.4 is 10.1 Å². The Bertz CT molecular complexity index is 968. The Hall–Kier alpha value is -3.13. The standard InChI is InChI=1S/C21H20BrN3O4/c1-28-17-8-2-14(3-9-17)10-11-23-20(26)13-29-21(27)19-12-18(24-25-19)15-4-6-16(22)7-5-15/h2-9,12H,10-11,13H2,1H3,(H,23,26)(H,24,25). The molecule has 29 heavy (non-hydrogen) atoms. The highest BCUT2D eigenvalue weighted by Gasteiger charge is 2.14. The van der Waals surface area contributed by atoms with Crippen LogP contribution in [0.15, 0.2) is 59.1 Å². The van der Waals surface area contributed by atoms with Gasteiger partial charge in [-0.1, -0.05) is 40.2 Å².